The second-order valence-electron chi connectivity index (χ2n) is 6.90. The van der Waals surface area contributed by atoms with Gasteiger partial charge in [0.1, 0.15) is 5.70 Å². The standard InChI is InChI=1S/C22H23ClN2O2/c1-16-11-13-25(14-12-16)22(27)20(15-17-7-9-19(23)10-8-17)24-21(26)18-5-3-2-4-6-18/h2-10,15-16H,11-14H2,1H3,(H,24,26)/b20-15-. The van der Waals surface area contributed by atoms with Crippen molar-refractivity contribution < 1.29 is 9.59 Å². The zero-order valence-electron chi connectivity index (χ0n) is 15.3. The van der Waals surface area contributed by atoms with Crippen molar-refractivity contribution in [3.05, 3.63) is 76.4 Å². The monoisotopic (exact) mass is 382 g/mol. The fourth-order valence-electron chi connectivity index (χ4n) is 3.04. The number of amides is 2. The third-order valence-corrected chi connectivity index (χ3v) is 5.02. The molecule has 0 unspecified atom stereocenters. The molecule has 2 aromatic rings. The summed E-state index contributed by atoms with van der Waals surface area (Å²) in [5, 5.41) is 3.43. The Morgan fingerprint density at radius 3 is 2.30 bits per heavy atom. The van der Waals surface area contributed by atoms with E-state index in [1.54, 1.807) is 42.5 Å². The lowest BCUT2D eigenvalue weighted by molar-refractivity contribution is -0.128. The molecule has 0 spiro atoms. The second kappa shape index (κ2) is 8.87. The summed E-state index contributed by atoms with van der Waals surface area (Å²) in [5.41, 5.74) is 1.60. The summed E-state index contributed by atoms with van der Waals surface area (Å²) in [5.74, 6) is 0.173. The predicted octanol–water partition coefficient (Wildman–Crippen LogP) is 4.37. The molecule has 0 saturated carbocycles. The van der Waals surface area contributed by atoms with Gasteiger partial charge in [-0.25, -0.2) is 0 Å². The maximum atomic E-state index is 13.1. The molecule has 1 N–H and O–H groups in total. The topological polar surface area (TPSA) is 49.4 Å². The number of hydrogen-bond donors (Lipinski definition) is 1. The van der Waals surface area contributed by atoms with Gasteiger partial charge in [0.25, 0.3) is 11.8 Å². The summed E-state index contributed by atoms with van der Waals surface area (Å²) in [6.07, 6.45) is 3.66. The van der Waals surface area contributed by atoms with E-state index in [1.807, 2.05) is 23.1 Å². The molecule has 1 heterocycles. The van der Waals surface area contributed by atoms with Crippen LogP contribution in [0.25, 0.3) is 6.08 Å². The highest BCUT2D eigenvalue weighted by atomic mass is 35.5. The molecule has 4 nitrogen and oxygen atoms in total. The Morgan fingerprint density at radius 2 is 1.67 bits per heavy atom. The normalized spacial score (nSPS) is 15.5. The van der Waals surface area contributed by atoms with Crippen LogP contribution in [0.4, 0.5) is 0 Å². The maximum Gasteiger partial charge on any atom is 0.270 e. The van der Waals surface area contributed by atoms with Crippen LogP contribution in [0.2, 0.25) is 5.02 Å². The molecule has 1 aliphatic heterocycles. The van der Waals surface area contributed by atoms with Gasteiger partial charge < -0.3 is 10.2 Å². The Labute approximate surface area is 164 Å². The Balaban J connectivity index is 1.85. The fourth-order valence-corrected chi connectivity index (χ4v) is 3.17. The van der Waals surface area contributed by atoms with Crippen molar-refractivity contribution in [2.45, 2.75) is 19.8 Å². The third kappa shape index (κ3) is 5.20. The summed E-state index contributed by atoms with van der Waals surface area (Å²) in [6.45, 7) is 3.61. The number of hydrogen-bond acceptors (Lipinski definition) is 2. The van der Waals surface area contributed by atoms with Crippen molar-refractivity contribution >= 4 is 29.5 Å². The summed E-state index contributed by atoms with van der Waals surface area (Å²) < 4.78 is 0. The molecule has 2 amide bonds. The van der Waals surface area contributed by atoms with E-state index in [2.05, 4.69) is 12.2 Å². The first-order valence-electron chi connectivity index (χ1n) is 9.16. The SMILES string of the molecule is CC1CCN(C(=O)/C(=C/c2ccc(Cl)cc2)NC(=O)c2ccccc2)CC1. The number of benzene rings is 2. The molecule has 1 saturated heterocycles. The van der Waals surface area contributed by atoms with Crippen molar-refractivity contribution in [1.29, 1.82) is 0 Å². The first-order valence-corrected chi connectivity index (χ1v) is 9.53. The molecule has 1 aliphatic rings. The molecular formula is C22H23ClN2O2. The molecule has 27 heavy (non-hydrogen) atoms. The van der Waals surface area contributed by atoms with Crippen LogP contribution in [-0.2, 0) is 4.79 Å². The molecule has 0 aromatic heterocycles. The highest BCUT2D eigenvalue weighted by Gasteiger charge is 2.24. The minimum atomic E-state index is -0.297. The molecule has 0 bridgehead atoms. The van der Waals surface area contributed by atoms with Crippen LogP contribution in [0.5, 0.6) is 0 Å². The van der Waals surface area contributed by atoms with E-state index in [0.29, 0.717) is 29.6 Å². The van der Waals surface area contributed by atoms with Crippen LogP contribution in [0.1, 0.15) is 35.7 Å². The summed E-state index contributed by atoms with van der Waals surface area (Å²) in [7, 11) is 0. The molecule has 1 fully saturated rings. The van der Waals surface area contributed by atoms with Gasteiger partial charge in [0.2, 0.25) is 0 Å². The average molecular weight is 383 g/mol. The van der Waals surface area contributed by atoms with E-state index in [-0.39, 0.29) is 17.5 Å². The molecule has 0 radical (unpaired) electrons. The number of piperidine rings is 1. The van der Waals surface area contributed by atoms with Crippen LogP contribution >= 0.6 is 11.6 Å². The van der Waals surface area contributed by atoms with Crippen LogP contribution in [0, 0.1) is 5.92 Å². The second-order valence-corrected chi connectivity index (χ2v) is 7.34. The van der Waals surface area contributed by atoms with Crippen LogP contribution < -0.4 is 5.32 Å². The first-order chi connectivity index (χ1) is 13.0. The summed E-state index contributed by atoms with van der Waals surface area (Å²) in [4.78, 5) is 27.5. The molecule has 5 heteroatoms. The van der Waals surface area contributed by atoms with Gasteiger partial charge in [-0.15, -0.1) is 0 Å². The number of halogens is 1. The summed E-state index contributed by atoms with van der Waals surface area (Å²) >= 11 is 5.94. The Hall–Kier alpha value is -2.59. The van der Waals surface area contributed by atoms with Gasteiger partial charge in [-0.05, 0) is 54.7 Å². The molecule has 3 rings (SSSR count). The number of nitrogens with zero attached hydrogens (tertiary/aromatic N) is 1. The maximum absolute atomic E-state index is 13.1. The summed E-state index contributed by atoms with van der Waals surface area (Å²) in [6, 6.07) is 16.1. The molecule has 0 aliphatic carbocycles. The van der Waals surface area contributed by atoms with Gasteiger partial charge in [-0.3, -0.25) is 9.59 Å². The van der Waals surface area contributed by atoms with Gasteiger partial charge in [0.15, 0.2) is 0 Å². The smallest absolute Gasteiger partial charge is 0.270 e. The third-order valence-electron chi connectivity index (χ3n) is 4.77. The van der Waals surface area contributed by atoms with Gasteiger partial charge in [-0.2, -0.15) is 0 Å². The van der Waals surface area contributed by atoms with Crippen LogP contribution in [0.3, 0.4) is 0 Å². The largest absolute Gasteiger partial charge is 0.337 e. The molecule has 140 valence electrons. The van der Waals surface area contributed by atoms with E-state index in [9.17, 15) is 9.59 Å². The molecule has 0 atom stereocenters. The number of carbonyl (C=O) groups excluding carboxylic acids is 2. The minimum Gasteiger partial charge on any atom is -0.337 e. The van der Waals surface area contributed by atoms with Gasteiger partial charge >= 0.3 is 0 Å². The lowest BCUT2D eigenvalue weighted by Crippen LogP contribution is -2.42. The van der Waals surface area contributed by atoms with Crippen molar-refractivity contribution in [3.63, 3.8) is 0 Å². The predicted molar refractivity (Wildman–Crippen MR) is 108 cm³/mol. The number of carbonyl (C=O) groups is 2. The molecule has 2 aromatic carbocycles. The van der Waals surface area contributed by atoms with E-state index >= 15 is 0 Å². The lowest BCUT2D eigenvalue weighted by atomic mass is 9.99. The van der Waals surface area contributed by atoms with Crippen molar-refractivity contribution in [1.82, 2.24) is 10.2 Å². The Morgan fingerprint density at radius 1 is 1.04 bits per heavy atom. The highest BCUT2D eigenvalue weighted by molar-refractivity contribution is 6.30. The van der Waals surface area contributed by atoms with Crippen LogP contribution in [0.15, 0.2) is 60.3 Å². The van der Waals surface area contributed by atoms with E-state index in [0.717, 1.165) is 18.4 Å². The van der Waals surface area contributed by atoms with E-state index < -0.39 is 0 Å². The average Bonchev–Trinajstić information content (AvgIpc) is 2.70. The zero-order valence-corrected chi connectivity index (χ0v) is 16.1. The lowest BCUT2D eigenvalue weighted by Gasteiger charge is -2.31. The van der Waals surface area contributed by atoms with E-state index in [1.165, 1.54) is 0 Å². The Kier molecular flexibility index (Phi) is 6.30. The van der Waals surface area contributed by atoms with Gasteiger partial charge in [0, 0.05) is 23.7 Å². The minimum absolute atomic E-state index is 0.152. The van der Waals surface area contributed by atoms with Crippen molar-refractivity contribution in [3.8, 4) is 0 Å². The van der Waals surface area contributed by atoms with E-state index in [4.69, 9.17) is 11.6 Å². The van der Waals surface area contributed by atoms with Crippen molar-refractivity contribution in [2.75, 3.05) is 13.1 Å². The van der Waals surface area contributed by atoms with Crippen molar-refractivity contribution in [2.24, 2.45) is 5.92 Å². The first kappa shape index (κ1) is 19.2. The Bertz CT molecular complexity index is 823. The van der Waals surface area contributed by atoms with Gasteiger partial charge in [-0.1, -0.05) is 48.9 Å². The quantitative estimate of drug-likeness (QED) is 0.798. The number of rotatable bonds is 4. The van der Waals surface area contributed by atoms with Crippen LogP contribution in [-0.4, -0.2) is 29.8 Å². The number of nitrogens with one attached hydrogen (secondary N) is 1. The highest BCUT2D eigenvalue weighted by Crippen LogP contribution is 2.19. The molecular weight excluding hydrogens is 360 g/mol. The van der Waals surface area contributed by atoms with Gasteiger partial charge in [0.05, 0.1) is 0 Å². The number of likely N-dealkylation sites (tertiary alicyclic amines) is 1. The fraction of sp³-hybridized carbons (Fsp3) is 0.273. The zero-order chi connectivity index (χ0) is 19.2.